The second-order valence-corrected chi connectivity index (χ2v) is 3.77. The summed E-state index contributed by atoms with van der Waals surface area (Å²) < 4.78 is 0. The topological polar surface area (TPSA) is 78.4 Å². The lowest BCUT2D eigenvalue weighted by molar-refractivity contribution is -0.141. The highest BCUT2D eigenvalue weighted by Gasteiger charge is 2.20. The van der Waals surface area contributed by atoms with E-state index in [1.165, 1.54) is 0 Å². The van der Waals surface area contributed by atoms with Crippen LogP contribution in [0.25, 0.3) is 0 Å². The third-order valence-electron chi connectivity index (χ3n) is 2.37. The van der Waals surface area contributed by atoms with Crippen molar-refractivity contribution in [3.63, 3.8) is 0 Å². The molecule has 0 aliphatic carbocycles. The maximum atomic E-state index is 11.2. The fourth-order valence-electron chi connectivity index (χ4n) is 1.18. The number of amides is 1. The molecule has 0 aromatic carbocycles. The van der Waals surface area contributed by atoms with Gasteiger partial charge in [-0.05, 0) is 19.0 Å². The van der Waals surface area contributed by atoms with Gasteiger partial charge in [-0.15, -0.1) is 0 Å². The molecule has 3 N–H and O–H groups in total. The fourth-order valence-corrected chi connectivity index (χ4v) is 1.18. The summed E-state index contributed by atoms with van der Waals surface area (Å²) in [4.78, 5) is 21.7. The molecule has 0 saturated carbocycles. The number of aliphatic carboxylic acids is 1. The van der Waals surface area contributed by atoms with Crippen LogP contribution in [0, 0.1) is 11.8 Å². The standard InChI is InChI=1S/C9H16N2O3/c1-6(9(13)14)3-11-8(12)2-7-4-10-5-7/h6-7,10H,2-5H2,1H3,(H,11,12)(H,13,14). The molecule has 1 heterocycles. The van der Waals surface area contributed by atoms with Crippen LogP contribution < -0.4 is 10.6 Å². The zero-order valence-corrected chi connectivity index (χ0v) is 8.25. The maximum absolute atomic E-state index is 11.2. The highest BCUT2D eigenvalue weighted by molar-refractivity contribution is 5.77. The molecule has 1 saturated heterocycles. The van der Waals surface area contributed by atoms with E-state index >= 15 is 0 Å². The van der Waals surface area contributed by atoms with Gasteiger partial charge < -0.3 is 15.7 Å². The lowest BCUT2D eigenvalue weighted by Gasteiger charge is -2.26. The number of carboxylic acid groups (broad SMARTS) is 1. The van der Waals surface area contributed by atoms with Crippen LogP contribution in [0.2, 0.25) is 0 Å². The predicted octanol–water partition coefficient (Wildman–Crippen LogP) is -0.567. The molecule has 5 nitrogen and oxygen atoms in total. The van der Waals surface area contributed by atoms with Crippen LogP contribution >= 0.6 is 0 Å². The van der Waals surface area contributed by atoms with Crippen LogP contribution in [-0.4, -0.2) is 36.6 Å². The largest absolute Gasteiger partial charge is 0.481 e. The van der Waals surface area contributed by atoms with Gasteiger partial charge in [0.25, 0.3) is 0 Å². The average Bonchev–Trinajstić information content (AvgIpc) is 2.07. The minimum atomic E-state index is -0.879. The quantitative estimate of drug-likeness (QED) is 0.555. The van der Waals surface area contributed by atoms with Crippen molar-refractivity contribution < 1.29 is 14.7 Å². The van der Waals surface area contributed by atoms with E-state index < -0.39 is 11.9 Å². The average molecular weight is 200 g/mol. The van der Waals surface area contributed by atoms with Gasteiger partial charge in [0.1, 0.15) is 0 Å². The first kappa shape index (κ1) is 11.0. The summed E-state index contributed by atoms with van der Waals surface area (Å²) in [6.45, 7) is 3.58. The molecule has 0 spiro atoms. The Kier molecular flexibility index (Phi) is 3.88. The number of hydrogen-bond donors (Lipinski definition) is 3. The molecule has 14 heavy (non-hydrogen) atoms. The second-order valence-electron chi connectivity index (χ2n) is 3.77. The Morgan fingerprint density at radius 2 is 2.21 bits per heavy atom. The van der Waals surface area contributed by atoms with E-state index in [4.69, 9.17) is 5.11 Å². The second kappa shape index (κ2) is 4.95. The van der Waals surface area contributed by atoms with E-state index in [0.717, 1.165) is 13.1 Å². The minimum absolute atomic E-state index is 0.0513. The summed E-state index contributed by atoms with van der Waals surface area (Å²) in [6, 6.07) is 0. The van der Waals surface area contributed by atoms with E-state index in [9.17, 15) is 9.59 Å². The Bertz CT molecular complexity index is 226. The molecule has 1 amide bonds. The first-order chi connectivity index (χ1) is 6.59. The maximum Gasteiger partial charge on any atom is 0.308 e. The number of rotatable bonds is 5. The van der Waals surface area contributed by atoms with Gasteiger partial charge >= 0.3 is 5.97 Å². The van der Waals surface area contributed by atoms with Crippen molar-refractivity contribution in [1.82, 2.24) is 10.6 Å². The van der Waals surface area contributed by atoms with Crippen LogP contribution in [0.15, 0.2) is 0 Å². The molecule has 1 unspecified atom stereocenters. The molecule has 1 aliphatic rings. The van der Waals surface area contributed by atoms with Crippen molar-refractivity contribution in [2.24, 2.45) is 11.8 Å². The molecular formula is C9H16N2O3. The summed E-state index contributed by atoms with van der Waals surface area (Å²) in [5.74, 6) is -1.02. The van der Waals surface area contributed by atoms with Gasteiger partial charge in [-0.3, -0.25) is 9.59 Å². The fraction of sp³-hybridized carbons (Fsp3) is 0.778. The Hall–Kier alpha value is -1.10. The zero-order chi connectivity index (χ0) is 10.6. The number of carbonyl (C=O) groups is 2. The van der Waals surface area contributed by atoms with E-state index in [1.54, 1.807) is 6.92 Å². The lowest BCUT2D eigenvalue weighted by atomic mass is 9.99. The van der Waals surface area contributed by atoms with Crippen molar-refractivity contribution in [1.29, 1.82) is 0 Å². The number of carboxylic acids is 1. The highest BCUT2D eigenvalue weighted by atomic mass is 16.4. The first-order valence-electron chi connectivity index (χ1n) is 4.80. The van der Waals surface area contributed by atoms with E-state index in [0.29, 0.717) is 12.3 Å². The van der Waals surface area contributed by atoms with Gasteiger partial charge in [-0.2, -0.15) is 0 Å². The summed E-state index contributed by atoms with van der Waals surface area (Å²) in [7, 11) is 0. The van der Waals surface area contributed by atoms with Crippen molar-refractivity contribution in [3.8, 4) is 0 Å². The van der Waals surface area contributed by atoms with Gasteiger partial charge in [0.2, 0.25) is 5.91 Å². The summed E-state index contributed by atoms with van der Waals surface area (Å²) >= 11 is 0. The number of nitrogens with one attached hydrogen (secondary N) is 2. The molecule has 5 heteroatoms. The Labute approximate surface area is 82.9 Å². The Morgan fingerprint density at radius 3 is 2.64 bits per heavy atom. The van der Waals surface area contributed by atoms with Crippen molar-refractivity contribution in [3.05, 3.63) is 0 Å². The van der Waals surface area contributed by atoms with Crippen LogP contribution in [0.5, 0.6) is 0 Å². The Balaban J connectivity index is 2.10. The van der Waals surface area contributed by atoms with Crippen LogP contribution in [0.3, 0.4) is 0 Å². The van der Waals surface area contributed by atoms with Gasteiger partial charge in [-0.25, -0.2) is 0 Å². The monoisotopic (exact) mass is 200 g/mol. The molecule has 1 atom stereocenters. The van der Waals surface area contributed by atoms with Crippen molar-refractivity contribution >= 4 is 11.9 Å². The molecule has 0 radical (unpaired) electrons. The molecule has 1 rings (SSSR count). The smallest absolute Gasteiger partial charge is 0.308 e. The van der Waals surface area contributed by atoms with Gasteiger partial charge in [0, 0.05) is 13.0 Å². The zero-order valence-electron chi connectivity index (χ0n) is 8.25. The van der Waals surface area contributed by atoms with Gasteiger partial charge in [0.15, 0.2) is 0 Å². The molecule has 1 aliphatic heterocycles. The normalized spacial score (nSPS) is 18.4. The van der Waals surface area contributed by atoms with Crippen molar-refractivity contribution in [2.75, 3.05) is 19.6 Å². The predicted molar refractivity (Wildman–Crippen MR) is 50.8 cm³/mol. The SMILES string of the molecule is CC(CNC(=O)CC1CNC1)C(=O)O. The number of carbonyl (C=O) groups excluding carboxylic acids is 1. The molecule has 1 fully saturated rings. The van der Waals surface area contributed by atoms with Crippen molar-refractivity contribution in [2.45, 2.75) is 13.3 Å². The van der Waals surface area contributed by atoms with E-state index in [1.807, 2.05) is 0 Å². The number of hydrogen-bond acceptors (Lipinski definition) is 3. The molecule has 0 aromatic rings. The molecule has 80 valence electrons. The lowest BCUT2D eigenvalue weighted by Crippen LogP contribution is -2.45. The van der Waals surface area contributed by atoms with Gasteiger partial charge in [-0.1, -0.05) is 6.92 Å². The van der Waals surface area contributed by atoms with Crippen LogP contribution in [-0.2, 0) is 9.59 Å². The molecule has 0 aromatic heterocycles. The third-order valence-corrected chi connectivity index (χ3v) is 2.37. The Morgan fingerprint density at radius 1 is 1.57 bits per heavy atom. The van der Waals surface area contributed by atoms with Crippen LogP contribution in [0.4, 0.5) is 0 Å². The highest BCUT2D eigenvalue weighted by Crippen LogP contribution is 2.07. The summed E-state index contributed by atoms with van der Waals surface area (Å²) in [5, 5.41) is 14.3. The van der Waals surface area contributed by atoms with E-state index in [-0.39, 0.29) is 12.5 Å². The molecule has 0 bridgehead atoms. The van der Waals surface area contributed by atoms with Gasteiger partial charge in [0.05, 0.1) is 5.92 Å². The first-order valence-corrected chi connectivity index (χ1v) is 4.80. The summed E-state index contributed by atoms with van der Waals surface area (Å²) in [5.41, 5.74) is 0. The third kappa shape index (κ3) is 3.33. The minimum Gasteiger partial charge on any atom is -0.481 e. The summed E-state index contributed by atoms with van der Waals surface area (Å²) in [6.07, 6.45) is 0.499. The van der Waals surface area contributed by atoms with Crippen LogP contribution in [0.1, 0.15) is 13.3 Å². The molecular weight excluding hydrogens is 184 g/mol. The van der Waals surface area contributed by atoms with E-state index in [2.05, 4.69) is 10.6 Å².